The quantitative estimate of drug-likeness (QED) is 0.781. The number of carbonyl (C=O) groups is 1. The largest absolute Gasteiger partial charge is 0.506 e. The van der Waals surface area contributed by atoms with Gasteiger partial charge in [0.2, 0.25) is 0 Å². The van der Waals surface area contributed by atoms with Crippen molar-refractivity contribution in [3.63, 3.8) is 0 Å². The predicted octanol–water partition coefficient (Wildman–Crippen LogP) is 4.34. The van der Waals surface area contributed by atoms with E-state index in [1.165, 1.54) is 18.2 Å². The molecule has 0 aliphatic carbocycles. The van der Waals surface area contributed by atoms with Crippen LogP contribution in [0.15, 0.2) is 34.8 Å². The molecule has 0 aliphatic heterocycles. The van der Waals surface area contributed by atoms with E-state index in [2.05, 4.69) is 21.2 Å². The molecule has 2 aromatic rings. The van der Waals surface area contributed by atoms with Gasteiger partial charge in [-0.15, -0.1) is 0 Å². The molecule has 0 aliphatic rings. The van der Waals surface area contributed by atoms with E-state index in [0.29, 0.717) is 6.07 Å². The molecular formula is C13H7BrClF2NO2. The Morgan fingerprint density at radius 1 is 1.20 bits per heavy atom. The Morgan fingerprint density at radius 2 is 1.90 bits per heavy atom. The van der Waals surface area contributed by atoms with Crippen molar-refractivity contribution in [3.8, 4) is 5.75 Å². The fourth-order valence-electron chi connectivity index (χ4n) is 1.46. The summed E-state index contributed by atoms with van der Waals surface area (Å²) in [5, 5.41) is 11.5. The highest BCUT2D eigenvalue weighted by Crippen LogP contribution is 2.26. The van der Waals surface area contributed by atoms with Crippen LogP contribution in [0.3, 0.4) is 0 Å². The minimum Gasteiger partial charge on any atom is -0.506 e. The molecule has 1 amide bonds. The third-order valence-electron chi connectivity index (χ3n) is 2.47. The van der Waals surface area contributed by atoms with Crippen molar-refractivity contribution in [2.24, 2.45) is 0 Å². The third kappa shape index (κ3) is 3.08. The van der Waals surface area contributed by atoms with E-state index in [0.717, 1.165) is 6.07 Å². The molecule has 7 heteroatoms. The summed E-state index contributed by atoms with van der Waals surface area (Å²) in [5.41, 5.74) is -0.0416. The lowest BCUT2D eigenvalue weighted by molar-refractivity contribution is 0.102. The first kappa shape index (κ1) is 14.7. The molecule has 0 bridgehead atoms. The molecule has 2 N–H and O–H groups in total. The maximum atomic E-state index is 13.5. The molecule has 0 unspecified atom stereocenters. The second-order valence-corrected chi connectivity index (χ2v) is 5.13. The minimum absolute atomic E-state index is 0.00147. The van der Waals surface area contributed by atoms with Crippen molar-refractivity contribution in [3.05, 3.63) is 57.0 Å². The molecule has 2 aromatic carbocycles. The van der Waals surface area contributed by atoms with Gasteiger partial charge in [0, 0.05) is 11.6 Å². The normalized spacial score (nSPS) is 10.4. The highest BCUT2D eigenvalue weighted by atomic mass is 79.9. The Morgan fingerprint density at radius 3 is 2.55 bits per heavy atom. The first-order valence-electron chi connectivity index (χ1n) is 5.33. The van der Waals surface area contributed by atoms with Gasteiger partial charge in [0.05, 0.1) is 15.2 Å². The molecule has 20 heavy (non-hydrogen) atoms. The number of rotatable bonds is 2. The van der Waals surface area contributed by atoms with Gasteiger partial charge in [0.1, 0.15) is 17.4 Å². The maximum absolute atomic E-state index is 13.5. The number of hydrogen-bond donors (Lipinski definition) is 2. The SMILES string of the molecule is O=C(Nc1cc(Br)c(F)cc1F)c1ccc(O)c(Cl)c1. The molecule has 0 fully saturated rings. The number of amides is 1. The van der Waals surface area contributed by atoms with Crippen molar-refractivity contribution in [2.45, 2.75) is 0 Å². The smallest absolute Gasteiger partial charge is 0.255 e. The van der Waals surface area contributed by atoms with Crippen LogP contribution in [0, 0.1) is 11.6 Å². The summed E-state index contributed by atoms with van der Waals surface area (Å²) in [6, 6.07) is 5.58. The van der Waals surface area contributed by atoms with Crippen molar-refractivity contribution >= 4 is 39.1 Å². The van der Waals surface area contributed by atoms with Crippen LogP contribution in [0.2, 0.25) is 5.02 Å². The summed E-state index contributed by atoms with van der Waals surface area (Å²) in [6.45, 7) is 0. The third-order valence-corrected chi connectivity index (χ3v) is 3.38. The number of carbonyl (C=O) groups excluding carboxylic acids is 1. The minimum atomic E-state index is -0.899. The van der Waals surface area contributed by atoms with Gasteiger partial charge in [-0.25, -0.2) is 8.78 Å². The molecule has 0 atom stereocenters. The Balaban J connectivity index is 2.27. The lowest BCUT2D eigenvalue weighted by atomic mass is 10.2. The molecular weight excluding hydrogens is 356 g/mol. The fraction of sp³-hybridized carbons (Fsp3) is 0. The second-order valence-electron chi connectivity index (χ2n) is 3.87. The van der Waals surface area contributed by atoms with Crippen LogP contribution >= 0.6 is 27.5 Å². The van der Waals surface area contributed by atoms with E-state index in [1.54, 1.807) is 0 Å². The molecule has 0 spiro atoms. The molecule has 0 radical (unpaired) electrons. The van der Waals surface area contributed by atoms with E-state index in [1.807, 2.05) is 0 Å². The van der Waals surface area contributed by atoms with Crippen LogP contribution < -0.4 is 5.32 Å². The average molecular weight is 363 g/mol. The van der Waals surface area contributed by atoms with Crippen LogP contribution in [-0.2, 0) is 0 Å². The summed E-state index contributed by atoms with van der Waals surface area (Å²) in [4.78, 5) is 11.9. The number of phenols is 1. The lowest BCUT2D eigenvalue weighted by Gasteiger charge is -2.08. The predicted molar refractivity (Wildman–Crippen MR) is 75.1 cm³/mol. The molecule has 3 nitrogen and oxygen atoms in total. The van der Waals surface area contributed by atoms with Gasteiger partial charge in [0.15, 0.2) is 0 Å². The van der Waals surface area contributed by atoms with Crippen molar-refractivity contribution in [1.29, 1.82) is 0 Å². The maximum Gasteiger partial charge on any atom is 0.255 e. The van der Waals surface area contributed by atoms with Gasteiger partial charge in [0.25, 0.3) is 5.91 Å². The van der Waals surface area contributed by atoms with E-state index in [9.17, 15) is 18.7 Å². The fourth-order valence-corrected chi connectivity index (χ4v) is 1.98. The van der Waals surface area contributed by atoms with Gasteiger partial charge in [-0.05, 0) is 40.2 Å². The summed E-state index contributed by atoms with van der Waals surface area (Å²) < 4.78 is 26.6. The number of benzene rings is 2. The zero-order valence-corrected chi connectivity index (χ0v) is 12.1. The number of phenolic OH excluding ortho intramolecular Hbond substituents is 1. The second kappa shape index (κ2) is 5.76. The van der Waals surface area contributed by atoms with Gasteiger partial charge in [-0.1, -0.05) is 11.6 Å². The highest BCUT2D eigenvalue weighted by Gasteiger charge is 2.13. The summed E-state index contributed by atoms with van der Waals surface area (Å²) in [6.07, 6.45) is 0. The van der Waals surface area contributed by atoms with Gasteiger partial charge < -0.3 is 10.4 Å². The van der Waals surface area contributed by atoms with Crippen LogP contribution in [0.25, 0.3) is 0 Å². The Labute approximate surface area is 126 Å². The number of anilines is 1. The van der Waals surface area contributed by atoms with Gasteiger partial charge >= 0.3 is 0 Å². The molecule has 0 saturated carbocycles. The number of halogens is 4. The zero-order chi connectivity index (χ0) is 14.9. The first-order chi connectivity index (χ1) is 9.38. The van der Waals surface area contributed by atoms with E-state index in [4.69, 9.17) is 11.6 Å². The molecule has 0 heterocycles. The van der Waals surface area contributed by atoms with Crippen molar-refractivity contribution in [1.82, 2.24) is 0 Å². The number of nitrogens with one attached hydrogen (secondary N) is 1. The molecule has 104 valence electrons. The first-order valence-corrected chi connectivity index (χ1v) is 6.50. The zero-order valence-electron chi connectivity index (χ0n) is 9.75. The number of aromatic hydroxyl groups is 1. The van der Waals surface area contributed by atoms with Crippen LogP contribution in [0.5, 0.6) is 5.75 Å². The van der Waals surface area contributed by atoms with Crippen LogP contribution in [0.4, 0.5) is 14.5 Å². The topological polar surface area (TPSA) is 49.3 Å². The van der Waals surface area contributed by atoms with Crippen molar-refractivity contribution in [2.75, 3.05) is 5.32 Å². The average Bonchev–Trinajstić information content (AvgIpc) is 2.39. The van der Waals surface area contributed by atoms with E-state index in [-0.39, 0.29) is 26.5 Å². The molecule has 0 saturated heterocycles. The monoisotopic (exact) mass is 361 g/mol. The molecule has 0 aromatic heterocycles. The van der Waals surface area contributed by atoms with Gasteiger partial charge in [-0.3, -0.25) is 4.79 Å². The Bertz CT molecular complexity index is 694. The summed E-state index contributed by atoms with van der Waals surface area (Å²) >= 11 is 8.58. The van der Waals surface area contributed by atoms with Crippen LogP contribution in [0.1, 0.15) is 10.4 Å². The number of hydrogen-bond acceptors (Lipinski definition) is 2. The Kier molecular flexibility index (Phi) is 4.25. The van der Waals surface area contributed by atoms with E-state index < -0.39 is 17.5 Å². The van der Waals surface area contributed by atoms with Crippen LogP contribution in [-0.4, -0.2) is 11.0 Å². The summed E-state index contributed by atoms with van der Waals surface area (Å²) in [5.74, 6) is -2.47. The van der Waals surface area contributed by atoms with Crippen molar-refractivity contribution < 1.29 is 18.7 Å². The Hall–Kier alpha value is -1.66. The highest BCUT2D eigenvalue weighted by molar-refractivity contribution is 9.10. The van der Waals surface area contributed by atoms with E-state index >= 15 is 0 Å². The standard InChI is InChI=1S/C13H7BrClF2NO2/c14-7-4-11(10(17)5-9(7)16)18-13(20)6-1-2-12(19)8(15)3-6/h1-5,19H,(H,18,20). The molecule has 2 rings (SSSR count). The summed E-state index contributed by atoms with van der Waals surface area (Å²) in [7, 11) is 0. The van der Waals surface area contributed by atoms with Gasteiger partial charge in [-0.2, -0.15) is 0 Å². The lowest BCUT2D eigenvalue weighted by Crippen LogP contribution is -2.13.